The van der Waals surface area contributed by atoms with Crippen LogP contribution < -0.4 is 4.90 Å². The van der Waals surface area contributed by atoms with E-state index in [0.717, 1.165) is 13.2 Å². The molecule has 0 amide bonds. The molecule has 1 aliphatic heterocycles. The smallest absolute Gasteiger partial charge is 0.0761 e. The molecule has 0 atom stereocenters. The minimum atomic E-state index is 0.548. The Kier molecular flexibility index (Phi) is 3.73. The van der Waals surface area contributed by atoms with E-state index in [4.69, 9.17) is 0 Å². The van der Waals surface area contributed by atoms with Crippen LogP contribution in [0.15, 0.2) is 42.5 Å². The predicted molar refractivity (Wildman–Crippen MR) is 90.0 cm³/mol. The quantitative estimate of drug-likeness (QED) is 0.791. The number of aryl methyl sites for hydroxylation is 2. The van der Waals surface area contributed by atoms with Gasteiger partial charge in [0.05, 0.1) is 6.67 Å². The van der Waals surface area contributed by atoms with Gasteiger partial charge in [0.15, 0.2) is 0 Å². The summed E-state index contributed by atoms with van der Waals surface area (Å²) in [4.78, 5) is 4.96. The molecule has 0 aliphatic carbocycles. The average molecular weight is 280 g/mol. The summed E-state index contributed by atoms with van der Waals surface area (Å²) in [5.74, 6) is 0. The van der Waals surface area contributed by atoms with Gasteiger partial charge in [-0.3, -0.25) is 4.90 Å². The maximum atomic E-state index is 2.51. The molecule has 2 nitrogen and oxygen atoms in total. The van der Waals surface area contributed by atoms with Crippen LogP contribution in [0.3, 0.4) is 0 Å². The molecule has 0 N–H and O–H groups in total. The lowest BCUT2D eigenvalue weighted by Gasteiger charge is -2.40. The highest BCUT2D eigenvalue weighted by molar-refractivity contribution is 5.68. The van der Waals surface area contributed by atoms with Gasteiger partial charge < -0.3 is 4.90 Å². The van der Waals surface area contributed by atoms with Gasteiger partial charge in [-0.15, -0.1) is 0 Å². The predicted octanol–water partition coefficient (Wildman–Crippen LogP) is 4.62. The van der Waals surface area contributed by atoms with Gasteiger partial charge >= 0.3 is 0 Å². The van der Waals surface area contributed by atoms with Crippen molar-refractivity contribution >= 4 is 11.4 Å². The molecule has 0 radical (unpaired) electrons. The maximum Gasteiger partial charge on any atom is 0.0761 e. The molecule has 2 aromatic carbocycles. The Morgan fingerprint density at radius 3 is 2.29 bits per heavy atom. The summed E-state index contributed by atoms with van der Waals surface area (Å²) in [6.07, 6.45) is 0. The second-order valence-electron chi connectivity index (χ2n) is 6.38. The molecule has 0 spiro atoms. The fourth-order valence-corrected chi connectivity index (χ4v) is 3.11. The molecule has 0 aromatic heterocycles. The van der Waals surface area contributed by atoms with E-state index < -0.39 is 0 Å². The average Bonchev–Trinajstić information content (AvgIpc) is 2.45. The Labute approximate surface area is 128 Å². The zero-order chi connectivity index (χ0) is 15.0. The summed E-state index contributed by atoms with van der Waals surface area (Å²) in [6.45, 7) is 10.9. The molecule has 0 bridgehead atoms. The van der Waals surface area contributed by atoms with Crippen LogP contribution in [-0.2, 0) is 6.54 Å². The molecule has 1 aliphatic rings. The third-order valence-corrected chi connectivity index (χ3v) is 4.23. The van der Waals surface area contributed by atoms with Gasteiger partial charge in [0.2, 0.25) is 0 Å². The molecule has 21 heavy (non-hydrogen) atoms. The van der Waals surface area contributed by atoms with E-state index in [1.807, 2.05) is 0 Å². The number of rotatable bonds is 2. The first-order valence-corrected chi connectivity index (χ1v) is 7.72. The number of benzene rings is 2. The molecule has 0 saturated carbocycles. The minimum absolute atomic E-state index is 0.548. The molecule has 1 heterocycles. The standard InChI is InChI=1S/C19H24N2/c1-14(2)20-12-17-7-5-6-8-19(17)21(13-20)18-10-15(3)9-16(4)11-18/h5-11,14H,12-13H2,1-4H3. The molecule has 0 saturated heterocycles. The van der Waals surface area contributed by atoms with Crippen molar-refractivity contribution in [2.75, 3.05) is 11.6 Å². The highest BCUT2D eigenvalue weighted by atomic mass is 15.3. The molecule has 0 fully saturated rings. The second-order valence-corrected chi connectivity index (χ2v) is 6.38. The topological polar surface area (TPSA) is 6.48 Å². The molecule has 0 unspecified atom stereocenters. The molecule has 3 rings (SSSR count). The number of nitrogens with zero attached hydrogens (tertiary/aromatic N) is 2. The van der Waals surface area contributed by atoms with Gasteiger partial charge in [-0.1, -0.05) is 24.3 Å². The first-order chi connectivity index (χ1) is 10.0. The van der Waals surface area contributed by atoms with Crippen molar-refractivity contribution in [3.63, 3.8) is 0 Å². The summed E-state index contributed by atoms with van der Waals surface area (Å²) in [5.41, 5.74) is 6.70. The van der Waals surface area contributed by atoms with Crippen molar-refractivity contribution in [3.05, 3.63) is 59.2 Å². The highest BCUT2D eigenvalue weighted by Gasteiger charge is 2.24. The number of hydrogen-bond donors (Lipinski definition) is 0. The third-order valence-electron chi connectivity index (χ3n) is 4.23. The lowest BCUT2D eigenvalue weighted by atomic mass is 10.1. The van der Waals surface area contributed by atoms with Gasteiger partial charge in [-0.05, 0) is 62.6 Å². The van der Waals surface area contributed by atoms with E-state index in [-0.39, 0.29) is 0 Å². The van der Waals surface area contributed by atoms with Crippen molar-refractivity contribution in [1.29, 1.82) is 0 Å². The molecule has 2 aromatic rings. The van der Waals surface area contributed by atoms with Crippen molar-refractivity contribution in [2.24, 2.45) is 0 Å². The van der Waals surface area contributed by atoms with Gasteiger partial charge in [0.25, 0.3) is 0 Å². The first kappa shape index (κ1) is 14.2. The Morgan fingerprint density at radius 1 is 0.952 bits per heavy atom. The second kappa shape index (κ2) is 5.53. The van der Waals surface area contributed by atoms with Crippen LogP contribution in [0.5, 0.6) is 0 Å². The van der Waals surface area contributed by atoms with Crippen LogP contribution in [0.2, 0.25) is 0 Å². The minimum Gasteiger partial charge on any atom is -0.328 e. The number of anilines is 2. The zero-order valence-electron chi connectivity index (χ0n) is 13.4. The van der Waals surface area contributed by atoms with Crippen LogP contribution in [0.25, 0.3) is 0 Å². The van der Waals surface area contributed by atoms with Crippen LogP contribution in [0.4, 0.5) is 11.4 Å². The highest BCUT2D eigenvalue weighted by Crippen LogP contribution is 2.34. The van der Waals surface area contributed by atoms with Crippen LogP contribution in [0.1, 0.15) is 30.5 Å². The van der Waals surface area contributed by atoms with Crippen molar-refractivity contribution in [3.8, 4) is 0 Å². The summed E-state index contributed by atoms with van der Waals surface area (Å²) in [5, 5.41) is 0. The third kappa shape index (κ3) is 2.81. The van der Waals surface area contributed by atoms with Crippen molar-refractivity contribution in [1.82, 2.24) is 4.90 Å². The summed E-state index contributed by atoms with van der Waals surface area (Å²) >= 11 is 0. The summed E-state index contributed by atoms with van der Waals surface area (Å²) < 4.78 is 0. The Bertz CT molecular complexity index is 626. The normalized spacial score (nSPS) is 15.4. The van der Waals surface area contributed by atoms with E-state index in [1.54, 1.807) is 0 Å². The SMILES string of the molecule is Cc1cc(C)cc(N2CN(C(C)C)Cc3ccccc32)c1. The van der Waals surface area contributed by atoms with E-state index in [2.05, 4.69) is 80.0 Å². The number of fused-ring (bicyclic) bond motifs is 1. The van der Waals surface area contributed by atoms with Gasteiger partial charge in [0, 0.05) is 24.0 Å². The van der Waals surface area contributed by atoms with Crippen LogP contribution >= 0.6 is 0 Å². The fraction of sp³-hybridized carbons (Fsp3) is 0.368. The van der Waals surface area contributed by atoms with Gasteiger partial charge in [0.1, 0.15) is 0 Å². The monoisotopic (exact) mass is 280 g/mol. The lowest BCUT2D eigenvalue weighted by Crippen LogP contribution is -2.43. The molecular formula is C19H24N2. The fourth-order valence-electron chi connectivity index (χ4n) is 3.11. The molecule has 110 valence electrons. The first-order valence-electron chi connectivity index (χ1n) is 7.72. The lowest BCUT2D eigenvalue weighted by molar-refractivity contribution is 0.209. The van der Waals surface area contributed by atoms with Gasteiger partial charge in [-0.2, -0.15) is 0 Å². The molecule has 2 heteroatoms. The summed E-state index contributed by atoms with van der Waals surface area (Å²) in [7, 11) is 0. The van der Waals surface area contributed by atoms with E-state index in [0.29, 0.717) is 6.04 Å². The maximum absolute atomic E-state index is 2.51. The van der Waals surface area contributed by atoms with Crippen molar-refractivity contribution in [2.45, 2.75) is 40.3 Å². The van der Waals surface area contributed by atoms with Crippen molar-refractivity contribution < 1.29 is 0 Å². The number of hydrogen-bond acceptors (Lipinski definition) is 2. The summed E-state index contributed by atoms with van der Waals surface area (Å²) in [6, 6.07) is 16.1. The molecular weight excluding hydrogens is 256 g/mol. The van der Waals surface area contributed by atoms with Crippen LogP contribution in [0, 0.1) is 13.8 Å². The Morgan fingerprint density at radius 2 is 1.62 bits per heavy atom. The Balaban J connectivity index is 2.07. The van der Waals surface area contributed by atoms with E-state index >= 15 is 0 Å². The van der Waals surface area contributed by atoms with E-state index in [9.17, 15) is 0 Å². The zero-order valence-corrected chi connectivity index (χ0v) is 13.4. The van der Waals surface area contributed by atoms with E-state index in [1.165, 1.54) is 28.1 Å². The van der Waals surface area contributed by atoms with Gasteiger partial charge in [-0.25, -0.2) is 0 Å². The number of para-hydroxylation sites is 1. The largest absolute Gasteiger partial charge is 0.328 e. The Hall–Kier alpha value is -1.80. The van der Waals surface area contributed by atoms with Crippen LogP contribution in [-0.4, -0.2) is 17.6 Å².